The van der Waals surface area contributed by atoms with Crippen molar-refractivity contribution in [2.75, 3.05) is 12.3 Å². The summed E-state index contributed by atoms with van der Waals surface area (Å²) in [5.74, 6) is 0. The van der Waals surface area contributed by atoms with Crippen LogP contribution in [0.1, 0.15) is 19.8 Å². The Labute approximate surface area is 128 Å². The van der Waals surface area contributed by atoms with E-state index in [4.69, 9.17) is 33.7 Å². The van der Waals surface area contributed by atoms with Crippen molar-refractivity contribution in [1.29, 1.82) is 0 Å². The smallest absolute Gasteiger partial charge is 0.243 e. The van der Waals surface area contributed by atoms with Crippen LogP contribution in [0.5, 0.6) is 0 Å². The minimum absolute atomic E-state index is 0.0163. The molecule has 1 saturated heterocycles. The molecule has 0 aromatic heterocycles. The molecule has 0 saturated carbocycles. The maximum Gasteiger partial charge on any atom is 0.243 e. The standard InChI is InChI=1S/C12H16Cl2N2O3S/c1-7-4-9(2-3-19-7)16-20(17,18)12-10(13)5-8(15)6-11(12)14/h5-7,9,16H,2-4,15H2,1H3. The van der Waals surface area contributed by atoms with E-state index < -0.39 is 10.0 Å². The van der Waals surface area contributed by atoms with Crippen molar-refractivity contribution < 1.29 is 13.2 Å². The molecule has 5 nitrogen and oxygen atoms in total. The molecule has 2 unspecified atom stereocenters. The third kappa shape index (κ3) is 3.56. The molecule has 0 radical (unpaired) electrons. The largest absolute Gasteiger partial charge is 0.399 e. The highest BCUT2D eigenvalue weighted by atomic mass is 35.5. The van der Waals surface area contributed by atoms with E-state index in [1.807, 2.05) is 6.92 Å². The summed E-state index contributed by atoms with van der Waals surface area (Å²) >= 11 is 11.9. The van der Waals surface area contributed by atoms with Gasteiger partial charge >= 0.3 is 0 Å². The molecule has 3 N–H and O–H groups in total. The van der Waals surface area contributed by atoms with Gasteiger partial charge in [-0.05, 0) is 31.9 Å². The average molecular weight is 339 g/mol. The van der Waals surface area contributed by atoms with E-state index in [9.17, 15) is 8.42 Å². The summed E-state index contributed by atoms with van der Waals surface area (Å²) < 4.78 is 32.8. The van der Waals surface area contributed by atoms with Gasteiger partial charge < -0.3 is 10.5 Å². The van der Waals surface area contributed by atoms with E-state index in [1.54, 1.807) is 0 Å². The van der Waals surface area contributed by atoms with Crippen molar-refractivity contribution in [2.24, 2.45) is 0 Å². The molecular formula is C12H16Cl2N2O3S. The molecule has 8 heteroatoms. The van der Waals surface area contributed by atoms with Gasteiger partial charge in [0.25, 0.3) is 0 Å². The van der Waals surface area contributed by atoms with Gasteiger partial charge in [0, 0.05) is 18.3 Å². The second-order valence-corrected chi connectivity index (χ2v) is 7.30. The zero-order valence-corrected chi connectivity index (χ0v) is 13.2. The molecule has 1 aliphatic rings. The zero-order chi connectivity index (χ0) is 14.9. The van der Waals surface area contributed by atoms with E-state index >= 15 is 0 Å². The fourth-order valence-electron chi connectivity index (χ4n) is 2.22. The predicted octanol–water partition coefficient (Wildman–Crippen LogP) is 2.42. The Morgan fingerprint density at radius 3 is 2.50 bits per heavy atom. The number of nitrogens with one attached hydrogen (secondary N) is 1. The maximum absolute atomic E-state index is 12.4. The number of ether oxygens (including phenoxy) is 1. The van der Waals surface area contributed by atoms with E-state index in [-0.39, 0.29) is 27.1 Å². The average Bonchev–Trinajstić information content (AvgIpc) is 2.25. The van der Waals surface area contributed by atoms with Crippen LogP contribution in [0.25, 0.3) is 0 Å². The number of nitrogens with two attached hydrogens (primary N) is 1. The van der Waals surface area contributed by atoms with Gasteiger partial charge in [0.05, 0.1) is 16.1 Å². The molecule has 1 fully saturated rings. The molecule has 0 amide bonds. The summed E-state index contributed by atoms with van der Waals surface area (Å²) in [7, 11) is -3.79. The number of nitrogen functional groups attached to an aromatic ring is 1. The second kappa shape index (κ2) is 6.07. The Balaban J connectivity index is 2.27. The number of hydrogen-bond donors (Lipinski definition) is 2. The van der Waals surface area contributed by atoms with Crippen LogP contribution < -0.4 is 10.5 Å². The normalized spacial score (nSPS) is 23.8. The zero-order valence-electron chi connectivity index (χ0n) is 10.9. The lowest BCUT2D eigenvalue weighted by Gasteiger charge is -2.28. The number of halogens is 2. The summed E-state index contributed by atoms with van der Waals surface area (Å²) in [4.78, 5) is -0.130. The van der Waals surface area contributed by atoms with Gasteiger partial charge in [0.15, 0.2) is 0 Å². The first-order chi connectivity index (χ1) is 9.29. The van der Waals surface area contributed by atoms with E-state index in [0.29, 0.717) is 25.1 Å². The van der Waals surface area contributed by atoms with Gasteiger partial charge in [0.1, 0.15) is 4.90 Å². The first kappa shape index (κ1) is 15.9. The van der Waals surface area contributed by atoms with Crippen LogP contribution in [0.3, 0.4) is 0 Å². The third-order valence-corrected chi connectivity index (χ3v) is 5.54. The van der Waals surface area contributed by atoms with Crippen molar-refractivity contribution >= 4 is 38.9 Å². The summed E-state index contributed by atoms with van der Waals surface area (Å²) in [6.07, 6.45) is 1.26. The quantitative estimate of drug-likeness (QED) is 0.829. The summed E-state index contributed by atoms with van der Waals surface area (Å²) in [5, 5.41) is 0.0326. The third-order valence-electron chi connectivity index (χ3n) is 3.10. The van der Waals surface area contributed by atoms with Crippen molar-refractivity contribution in [3.8, 4) is 0 Å². The van der Waals surface area contributed by atoms with Crippen LogP contribution in [-0.2, 0) is 14.8 Å². The van der Waals surface area contributed by atoms with E-state index in [2.05, 4.69) is 4.72 Å². The monoisotopic (exact) mass is 338 g/mol. The van der Waals surface area contributed by atoms with Crippen LogP contribution in [0.2, 0.25) is 10.0 Å². The highest BCUT2D eigenvalue weighted by Gasteiger charge is 2.28. The molecule has 20 heavy (non-hydrogen) atoms. The molecule has 0 bridgehead atoms. The number of hydrogen-bond acceptors (Lipinski definition) is 4. The SMILES string of the molecule is CC1CC(NS(=O)(=O)c2c(Cl)cc(N)cc2Cl)CCO1. The lowest BCUT2D eigenvalue weighted by Crippen LogP contribution is -2.41. The van der Waals surface area contributed by atoms with Crippen LogP contribution in [0.15, 0.2) is 17.0 Å². The van der Waals surface area contributed by atoms with Gasteiger partial charge in [-0.25, -0.2) is 13.1 Å². The number of rotatable bonds is 3. The number of anilines is 1. The Morgan fingerprint density at radius 1 is 1.35 bits per heavy atom. The summed E-state index contributed by atoms with van der Waals surface area (Å²) in [6, 6.07) is 2.55. The van der Waals surface area contributed by atoms with E-state index in [0.717, 1.165) is 0 Å². The maximum atomic E-state index is 12.4. The molecule has 1 aromatic carbocycles. The highest BCUT2D eigenvalue weighted by Crippen LogP contribution is 2.32. The first-order valence-corrected chi connectivity index (χ1v) is 8.42. The molecule has 1 heterocycles. The predicted molar refractivity (Wildman–Crippen MR) is 79.6 cm³/mol. The van der Waals surface area contributed by atoms with Gasteiger partial charge in [-0.15, -0.1) is 0 Å². The Bertz CT molecular complexity index is 584. The van der Waals surface area contributed by atoms with Gasteiger partial charge in [-0.2, -0.15) is 0 Å². The molecule has 1 aromatic rings. The van der Waals surface area contributed by atoms with Crippen LogP contribution in [-0.4, -0.2) is 27.2 Å². The Hall–Kier alpha value is -0.530. The molecule has 112 valence electrons. The van der Waals surface area contributed by atoms with Crippen LogP contribution >= 0.6 is 23.2 Å². The molecular weight excluding hydrogens is 323 g/mol. The summed E-state index contributed by atoms with van der Waals surface area (Å²) in [6.45, 7) is 2.43. The molecule has 0 aliphatic carbocycles. The second-order valence-electron chi connectivity index (χ2n) is 4.84. The first-order valence-electron chi connectivity index (χ1n) is 6.18. The topological polar surface area (TPSA) is 81.4 Å². The highest BCUT2D eigenvalue weighted by molar-refractivity contribution is 7.89. The van der Waals surface area contributed by atoms with Crippen molar-refractivity contribution in [3.05, 3.63) is 22.2 Å². The molecule has 2 atom stereocenters. The molecule has 2 rings (SSSR count). The van der Waals surface area contributed by atoms with Crippen molar-refractivity contribution in [1.82, 2.24) is 4.72 Å². The Kier molecular flexibility index (Phi) is 4.81. The Morgan fingerprint density at radius 2 is 1.95 bits per heavy atom. The lowest BCUT2D eigenvalue weighted by molar-refractivity contribution is 0.0173. The molecule has 1 aliphatic heterocycles. The summed E-state index contributed by atoms with van der Waals surface area (Å²) in [5.41, 5.74) is 5.89. The van der Waals surface area contributed by atoms with Crippen LogP contribution in [0.4, 0.5) is 5.69 Å². The van der Waals surface area contributed by atoms with E-state index in [1.165, 1.54) is 12.1 Å². The minimum atomic E-state index is -3.79. The van der Waals surface area contributed by atoms with Gasteiger partial charge in [0.2, 0.25) is 10.0 Å². The fraction of sp³-hybridized carbons (Fsp3) is 0.500. The van der Waals surface area contributed by atoms with Gasteiger partial charge in [-0.1, -0.05) is 23.2 Å². The number of sulfonamides is 1. The molecule has 0 spiro atoms. The number of benzene rings is 1. The lowest BCUT2D eigenvalue weighted by atomic mass is 10.1. The minimum Gasteiger partial charge on any atom is -0.399 e. The van der Waals surface area contributed by atoms with Crippen molar-refractivity contribution in [2.45, 2.75) is 36.8 Å². The van der Waals surface area contributed by atoms with Crippen molar-refractivity contribution in [3.63, 3.8) is 0 Å². The van der Waals surface area contributed by atoms with Gasteiger partial charge in [-0.3, -0.25) is 0 Å². The van der Waals surface area contributed by atoms with Crippen LogP contribution in [0, 0.1) is 0 Å². The fourth-order valence-corrected chi connectivity index (χ4v) is 4.74.